The molecule has 0 spiro atoms. The quantitative estimate of drug-likeness (QED) is 0.599. The lowest BCUT2D eigenvalue weighted by atomic mass is 10.0. The van der Waals surface area contributed by atoms with Gasteiger partial charge in [-0.3, -0.25) is 14.8 Å². The maximum absolute atomic E-state index is 12.6. The number of nitrogens with one attached hydrogen (secondary N) is 1. The summed E-state index contributed by atoms with van der Waals surface area (Å²) in [5.41, 5.74) is 5.19. The fourth-order valence-corrected chi connectivity index (χ4v) is 4.73. The molecule has 0 atom stereocenters. The van der Waals surface area contributed by atoms with Crippen molar-refractivity contribution >= 4 is 43.4 Å². The molecule has 0 radical (unpaired) electrons. The van der Waals surface area contributed by atoms with E-state index in [4.69, 9.17) is 4.98 Å². The summed E-state index contributed by atoms with van der Waals surface area (Å²) in [5.74, 6) is -0.172. The molecule has 1 aliphatic carbocycles. The number of aryl methyl sites for hydroxylation is 4. The number of benzene rings is 2. The van der Waals surface area contributed by atoms with Gasteiger partial charge in [0.2, 0.25) is 0 Å². The van der Waals surface area contributed by atoms with Crippen molar-refractivity contribution in [2.24, 2.45) is 7.05 Å². The Morgan fingerprint density at radius 1 is 1.28 bits per heavy atom. The summed E-state index contributed by atoms with van der Waals surface area (Å²) in [7, 11) is 1.77. The third kappa shape index (κ3) is 2.10. The number of carbonyl (C=O) groups excluding carboxylic acids is 1. The monoisotopic (exact) mass is 348 g/mol. The molecule has 2 aromatic carbocycles. The Hall–Kier alpha value is -2.73. The maximum atomic E-state index is 12.6. The average molecular weight is 348 g/mol. The molecular weight excluding hydrogens is 332 g/mol. The lowest BCUT2D eigenvalue weighted by molar-refractivity contribution is 0.101. The predicted molar refractivity (Wildman–Crippen MR) is 100 cm³/mol. The molecule has 1 aliphatic rings. The highest BCUT2D eigenvalue weighted by Gasteiger charge is 2.20. The first-order chi connectivity index (χ1) is 12.1. The molecule has 6 heteroatoms. The van der Waals surface area contributed by atoms with Crippen LogP contribution < -0.4 is 5.32 Å². The first-order valence-corrected chi connectivity index (χ1v) is 9.07. The summed E-state index contributed by atoms with van der Waals surface area (Å²) in [4.78, 5) is 17.3. The Morgan fingerprint density at radius 3 is 2.92 bits per heavy atom. The minimum atomic E-state index is -0.172. The molecule has 4 aromatic rings. The summed E-state index contributed by atoms with van der Waals surface area (Å²) in [6, 6.07) is 8.66. The number of anilines is 1. The topological polar surface area (TPSA) is 59.8 Å². The number of nitrogens with zero attached hydrogens (tertiary/aromatic N) is 3. The van der Waals surface area contributed by atoms with Crippen LogP contribution in [0.15, 0.2) is 30.5 Å². The van der Waals surface area contributed by atoms with Crippen LogP contribution in [0.5, 0.6) is 0 Å². The van der Waals surface area contributed by atoms with Crippen LogP contribution in [-0.2, 0) is 19.9 Å². The van der Waals surface area contributed by atoms with E-state index in [1.807, 2.05) is 6.92 Å². The Labute approximate surface area is 148 Å². The van der Waals surface area contributed by atoms with E-state index >= 15 is 0 Å². The van der Waals surface area contributed by atoms with Crippen LogP contribution in [0.3, 0.4) is 0 Å². The SMILES string of the molecule is Cc1cnn(C)c1C(=O)Nc1nc2c(cc3c4c(cccc42)CC3)s1. The highest BCUT2D eigenvalue weighted by atomic mass is 32.1. The lowest BCUT2D eigenvalue weighted by Crippen LogP contribution is -2.17. The summed E-state index contributed by atoms with van der Waals surface area (Å²) >= 11 is 1.53. The van der Waals surface area contributed by atoms with Gasteiger partial charge in [-0.25, -0.2) is 4.98 Å². The van der Waals surface area contributed by atoms with Crippen LogP contribution in [0.25, 0.3) is 21.0 Å². The second-order valence-corrected chi connectivity index (χ2v) is 7.53. The first kappa shape index (κ1) is 14.6. The van der Waals surface area contributed by atoms with E-state index < -0.39 is 0 Å². The zero-order chi connectivity index (χ0) is 17.1. The van der Waals surface area contributed by atoms with Gasteiger partial charge in [-0.05, 0) is 47.9 Å². The van der Waals surface area contributed by atoms with Crippen molar-refractivity contribution in [3.05, 3.63) is 52.8 Å². The smallest absolute Gasteiger partial charge is 0.275 e. The van der Waals surface area contributed by atoms with Gasteiger partial charge in [-0.1, -0.05) is 29.5 Å². The van der Waals surface area contributed by atoms with E-state index in [-0.39, 0.29) is 5.91 Å². The van der Waals surface area contributed by atoms with Crippen molar-refractivity contribution in [3.8, 4) is 0 Å². The molecule has 25 heavy (non-hydrogen) atoms. The number of amides is 1. The van der Waals surface area contributed by atoms with E-state index in [1.165, 1.54) is 33.2 Å². The van der Waals surface area contributed by atoms with Gasteiger partial charge in [0.05, 0.1) is 16.4 Å². The minimum absolute atomic E-state index is 0.172. The summed E-state index contributed by atoms with van der Waals surface area (Å²) in [6.45, 7) is 1.88. The fourth-order valence-electron chi connectivity index (χ4n) is 3.79. The number of carbonyl (C=O) groups is 1. The number of fused-ring (bicyclic) bond motifs is 2. The summed E-state index contributed by atoms with van der Waals surface area (Å²) < 4.78 is 2.72. The lowest BCUT2D eigenvalue weighted by Gasteiger charge is -2.03. The van der Waals surface area contributed by atoms with Crippen LogP contribution in [0.4, 0.5) is 5.13 Å². The van der Waals surface area contributed by atoms with Crippen LogP contribution >= 0.6 is 11.3 Å². The van der Waals surface area contributed by atoms with Gasteiger partial charge in [0.1, 0.15) is 5.69 Å². The van der Waals surface area contributed by atoms with Crippen molar-refractivity contribution in [1.29, 1.82) is 0 Å². The van der Waals surface area contributed by atoms with E-state index in [9.17, 15) is 4.79 Å². The highest BCUT2D eigenvalue weighted by molar-refractivity contribution is 7.22. The van der Waals surface area contributed by atoms with Crippen molar-refractivity contribution in [3.63, 3.8) is 0 Å². The number of thiazole rings is 1. The molecule has 2 aromatic heterocycles. The molecule has 2 heterocycles. The van der Waals surface area contributed by atoms with Crippen LogP contribution in [0.1, 0.15) is 27.2 Å². The molecule has 0 unspecified atom stereocenters. The maximum Gasteiger partial charge on any atom is 0.275 e. The van der Waals surface area contributed by atoms with Crippen molar-refractivity contribution in [1.82, 2.24) is 14.8 Å². The van der Waals surface area contributed by atoms with E-state index in [0.717, 1.165) is 28.6 Å². The molecule has 124 valence electrons. The summed E-state index contributed by atoms with van der Waals surface area (Å²) in [6.07, 6.45) is 3.88. The van der Waals surface area contributed by atoms with Gasteiger partial charge in [-0.2, -0.15) is 5.10 Å². The molecule has 5 rings (SSSR count). The second kappa shape index (κ2) is 5.13. The molecule has 0 saturated heterocycles. The van der Waals surface area contributed by atoms with Crippen molar-refractivity contribution < 1.29 is 4.79 Å². The normalized spacial score (nSPS) is 13.0. The van der Waals surface area contributed by atoms with Gasteiger partial charge >= 0.3 is 0 Å². The molecule has 0 fully saturated rings. The van der Waals surface area contributed by atoms with Crippen LogP contribution in [-0.4, -0.2) is 20.7 Å². The van der Waals surface area contributed by atoms with Crippen molar-refractivity contribution in [2.75, 3.05) is 5.32 Å². The molecule has 1 N–H and O–H groups in total. The van der Waals surface area contributed by atoms with E-state index in [0.29, 0.717) is 10.8 Å². The van der Waals surface area contributed by atoms with Gasteiger partial charge in [0.25, 0.3) is 5.91 Å². The number of hydrogen-bond acceptors (Lipinski definition) is 4. The predicted octanol–water partition coefficient (Wildman–Crippen LogP) is 3.84. The Kier molecular flexibility index (Phi) is 3.00. The standard InChI is InChI=1S/C19H16N4OS/c1-10-9-20-23(2)17(10)18(24)22-19-21-16-13-5-3-4-11-6-7-12(15(11)13)8-14(16)25-19/h3-5,8-9H,6-7H2,1-2H3,(H,21,22,24). The molecule has 5 nitrogen and oxygen atoms in total. The largest absolute Gasteiger partial charge is 0.296 e. The third-order valence-electron chi connectivity index (χ3n) is 4.91. The van der Waals surface area contributed by atoms with Crippen molar-refractivity contribution in [2.45, 2.75) is 19.8 Å². The Balaban J connectivity index is 1.61. The first-order valence-electron chi connectivity index (χ1n) is 8.26. The van der Waals surface area contributed by atoms with Crippen LogP contribution in [0, 0.1) is 6.92 Å². The third-order valence-corrected chi connectivity index (χ3v) is 5.82. The number of rotatable bonds is 2. The Morgan fingerprint density at radius 2 is 2.12 bits per heavy atom. The highest BCUT2D eigenvalue weighted by Crippen LogP contribution is 2.39. The average Bonchev–Trinajstić information content (AvgIpc) is 3.27. The zero-order valence-corrected chi connectivity index (χ0v) is 14.8. The molecule has 0 aliphatic heterocycles. The number of hydrogen-bond donors (Lipinski definition) is 1. The van der Waals surface area contributed by atoms with Gasteiger partial charge in [0.15, 0.2) is 5.13 Å². The molecule has 0 bridgehead atoms. The van der Waals surface area contributed by atoms with Crippen LogP contribution in [0.2, 0.25) is 0 Å². The van der Waals surface area contributed by atoms with Gasteiger partial charge in [-0.15, -0.1) is 0 Å². The second-order valence-electron chi connectivity index (χ2n) is 6.50. The van der Waals surface area contributed by atoms with Gasteiger partial charge < -0.3 is 0 Å². The molecular formula is C19H16N4OS. The fraction of sp³-hybridized carbons (Fsp3) is 0.211. The summed E-state index contributed by atoms with van der Waals surface area (Å²) in [5, 5.41) is 10.2. The Bertz CT molecular complexity index is 1150. The van der Waals surface area contributed by atoms with E-state index in [1.54, 1.807) is 17.9 Å². The molecule has 0 saturated carbocycles. The van der Waals surface area contributed by atoms with Gasteiger partial charge in [0, 0.05) is 12.4 Å². The van der Waals surface area contributed by atoms with E-state index in [2.05, 4.69) is 34.7 Å². The minimum Gasteiger partial charge on any atom is -0.296 e. The molecule has 1 amide bonds. The number of aromatic nitrogens is 3. The zero-order valence-electron chi connectivity index (χ0n) is 14.0.